The van der Waals surface area contributed by atoms with Gasteiger partial charge >= 0.3 is 0 Å². The van der Waals surface area contributed by atoms with Crippen molar-refractivity contribution in [2.45, 2.75) is 32.4 Å². The minimum atomic E-state index is -0.327. The summed E-state index contributed by atoms with van der Waals surface area (Å²) in [6, 6.07) is -0.0587. The van der Waals surface area contributed by atoms with E-state index >= 15 is 0 Å². The Morgan fingerprint density at radius 3 is 2.75 bits per heavy atom. The van der Waals surface area contributed by atoms with Gasteiger partial charge in [0.1, 0.15) is 6.04 Å². The lowest BCUT2D eigenvalue weighted by molar-refractivity contribution is -0.147. The SMILES string of the molecule is CC(C)C1NC(=O)CN(C2CCSC2)C1=O. The van der Waals surface area contributed by atoms with E-state index in [4.69, 9.17) is 0 Å². The van der Waals surface area contributed by atoms with E-state index in [-0.39, 0.29) is 36.4 Å². The summed E-state index contributed by atoms with van der Waals surface area (Å²) in [4.78, 5) is 25.6. The first kappa shape index (κ1) is 11.8. The Morgan fingerprint density at radius 1 is 1.44 bits per heavy atom. The summed E-state index contributed by atoms with van der Waals surface area (Å²) in [5, 5.41) is 2.78. The molecule has 0 aliphatic carbocycles. The van der Waals surface area contributed by atoms with Gasteiger partial charge in [-0.1, -0.05) is 13.8 Å². The van der Waals surface area contributed by atoms with Crippen LogP contribution in [-0.2, 0) is 9.59 Å². The second-order valence-electron chi connectivity index (χ2n) is 4.77. The van der Waals surface area contributed by atoms with Gasteiger partial charge in [-0.25, -0.2) is 0 Å². The van der Waals surface area contributed by atoms with Gasteiger partial charge in [0.05, 0.1) is 6.54 Å². The van der Waals surface area contributed by atoms with Crippen molar-refractivity contribution < 1.29 is 9.59 Å². The lowest BCUT2D eigenvalue weighted by Crippen LogP contribution is -2.62. The Kier molecular flexibility index (Phi) is 3.42. The second-order valence-corrected chi connectivity index (χ2v) is 5.92. The summed E-state index contributed by atoms with van der Waals surface area (Å²) in [5.74, 6) is 2.32. The van der Waals surface area contributed by atoms with Gasteiger partial charge in [0.25, 0.3) is 0 Å². The summed E-state index contributed by atoms with van der Waals surface area (Å²) in [6.45, 7) is 4.18. The standard InChI is InChI=1S/C11H18N2O2S/c1-7(2)10-11(15)13(5-9(14)12-10)8-3-4-16-6-8/h7-8,10H,3-6H2,1-2H3,(H,12,14). The van der Waals surface area contributed by atoms with Crippen molar-refractivity contribution >= 4 is 23.6 Å². The predicted molar refractivity (Wildman–Crippen MR) is 64.2 cm³/mol. The third-order valence-corrected chi connectivity index (χ3v) is 4.34. The van der Waals surface area contributed by atoms with Crippen molar-refractivity contribution in [1.29, 1.82) is 0 Å². The fourth-order valence-corrected chi connectivity index (χ4v) is 3.44. The maximum Gasteiger partial charge on any atom is 0.246 e. The molecular weight excluding hydrogens is 224 g/mol. The van der Waals surface area contributed by atoms with E-state index in [9.17, 15) is 9.59 Å². The summed E-state index contributed by atoms with van der Waals surface area (Å²) in [5.41, 5.74) is 0. The first-order chi connectivity index (χ1) is 7.59. The molecule has 0 spiro atoms. The molecule has 0 aromatic heterocycles. The fourth-order valence-electron chi connectivity index (χ4n) is 2.22. The van der Waals surface area contributed by atoms with E-state index in [1.54, 1.807) is 4.90 Å². The van der Waals surface area contributed by atoms with Crippen molar-refractivity contribution in [1.82, 2.24) is 10.2 Å². The Labute approximate surface area is 100 Å². The molecule has 0 radical (unpaired) electrons. The van der Waals surface area contributed by atoms with Crippen LogP contribution in [0.3, 0.4) is 0 Å². The number of carbonyl (C=O) groups excluding carboxylic acids is 2. The highest BCUT2D eigenvalue weighted by Gasteiger charge is 2.38. The molecule has 2 amide bonds. The van der Waals surface area contributed by atoms with Crippen LogP contribution in [0.15, 0.2) is 0 Å². The molecule has 0 aromatic carbocycles. The number of thioether (sulfide) groups is 1. The second kappa shape index (κ2) is 4.65. The van der Waals surface area contributed by atoms with Crippen LogP contribution in [0.2, 0.25) is 0 Å². The van der Waals surface area contributed by atoms with Gasteiger partial charge in [0.2, 0.25) is 11.8 Å². The van der Waals surface area contributed by atoms with E-state index in [1.165, 1.54) is 0 Å². The quantitative estimate of drug-likeness (QED) is 0.766. The number of nitrogens with zero attached hydrogens (tertiary/aromatic N) is 1. The number of rotatable bonds is 2. The van der Waals surface area contributed by atoms with Gasteiger partial charge in [-0.3, -0.25) is 9.59 Å². The number of carbonyl (C=O) groups is 2. The van der Waals surface area contributed by atoms with Crippen LogP contribution in [0.5, 0.6) is 0 Å². The fraction of sp³-hybridized carbons (Fsp3) is 0.818. The maximum atomic E-state index is 12.2. The Bertz CT molecular complexity index is 300. The largest absolute Gasteiger partial charge is 0.343 e. The van der Waals surface area contributed by atoms with E-state index in [2.05, 4.69) is 5.32 Å². The maximum absolute atomic E-state index is 12.2. The van der Waals surface area contributed by atoms with Gasteiger partial charge in [0.15, 0.2) is 0 Å². The van der Waals surface area contributed by atoms with Gasteiger partial charge in [-0.2, -0.15) is 11.8 Å². The van der Waals surface area contributed by atoms with E-state index in [0.29, 0.717) is 0 Å². The van der Waals surface area contributed by atoms with Crippen molar-refractivity contribution in [3.8, 4) is 0 Å². The first-order valence-electron chi connectivity index (χ1n) is 5.77. The van der Waals surface area contributed by atoms with Crippen molar-refractivity contribution in [3.63, 3.8) is 0 Å². The Morgan fingerprint density at radius 2 is 2.19 bits per heavy atom. The number of hydrogen-bond donors (Lipinski definition) is 1. The molecule has 16 heavy (non-hydrogen) atoms. The highest BCUT2D eigenvalue weighted by molar-refractivity contribution is 7.99. The molecule has 1 N–H and O–H groups in total. The highest BCUT2D eigenvalue weighted by Crippen LogP contribution is 2.24. The molecule has 2 aliphatic rings. The molecular formula is C11H18N2O2S. The number of piperazine rings is 1. The number of hydrogen-bond acceptors (Lipinski definition) is 3. The van der Waals surface area contributed by atoms with Gasteiger partial charge in [0, 0.05) is 11.8 Å². The summed E-state index contributed by atoms with van der Waals surface area (Å²) in [6.07, 6.45) is 1.02. The van der Waals surface area contributed by atoms with Crippen LogP contribution in [0.4, 0.5) is 0 Å². The molecule has 2 unspecified atom stereocenters. The average Bonchev–Trinajstić information content (AvgIpc) is 2.73. The molecule has 0 aromatic rings. The molecule has 2 atom stereocenters. The molecule has 90 valence electrons. The normalized spacial score (nSPS) is 31.1. The van der Waals surface area contributed by atoms with Gasteiger partial charge < -0.3 is 10.2 Å². The Hall–Kier alpha value is -0.710. The lowest BCUT2D eigenvalue weighted by atomic mass is 9.99. The van der Waals surface area contributed by atoms with Crippen molar-refractivity contribution in [2.24, 2.45) is 5.92 Å². The van der Waals surface area contributed by atoms with Crippen molar-refractivity contribution in [3.05, 3.63) is 0 Å². The zero-order valence-corrected chi connectivity index (χ0v) is 10.5. The molecule has 2 aliphatic heterocycles. The zero-order valence-electron chi connectivity index (χ0n) is 9.73. The van der Waals surface area contributed by atoms with Crippen LogP contribution < -0.4 is 5.32 Å². The van der Waals surface area contributed by atoms with E-state index in [1.807, 2.05) is 25.6 Å². The third-order valence-electron chi connectivity index (χ3n) is 3.19. The number of nitrogens with one attached hydrogen (secondary N) is 1. The van der Waals surface area contributed by atoms with Gasteiger partial charge in [-0.05, 0) is 18.1 Å². The molecule has 2 fully saturated rings. The van der Waals surface area contributed by atoms with Gasteiger partial charge in [-0.15, -0.1) is 0 Å². The molecule has 0 bridgehead atoms. The molecule has 2 heterocycles. The summed E-state index contributed by atoms with van der Waals surface area (Å²) in [7, 11) is 0. The molecule has 5 heteroatoms. The highest BCUT2D eigenvalue weighted by atomic mass is 32.2. The van der Waals surface area contributed by atoms with Crippen LogP contribution in [0.25, 0.3) is 0 Å². The molecule has 4 nitrogen and oxygen atoms in total. The smallest absolute Gasteiger partial charge is 0.246 e. The van der Waals surface area contributed by atoms with E-state index < -0.39 is 0 Å². The molecule has 2 saturated heterocycles. The lowest BCUT2D eigenvalue weighted by Gasteiger charge is -2.37. The third kappa shape index (κ3) is 2.19. The predicted octanol–water partition coefficient (Wildman–Crippen LogP) is 0.475. The monoisotopic (exact) mass is 242 g/mol. The first-order valence-corrected chi connectivity index (χ1v) is 6.92. The minimum Gasteiger partial charge on any atom is -0.343 e. The van der Waals surface area contributed by atoms with Crippen LogP contribution in [-0.4, -0.2) is 46.8 Å². The van der Waals surface area contributed by atoms with Crippen LogP contribution in [0.1, 0.15) is 20.3 Å². The minimum absolute atomic E-state index is 0.0183. The molecule has 0 saturated carbocycles. The molecule has 2 rings (SSSR count). The average molecular weight is 242 g/mol. The summed E-state index contributed by atoms with van der Waals surface area (Å²) < 4.78 is 0. The topological polar surface area (TPSA) is 49.4 Å². The van der Waals surface area contributed by atoms with Crippen molar-refractivity contribution in [2.75, 3.05) is 18.1 Å². The van der Waals surface area contributed by atoms with Crippen LogP contribution >= 0.6 is 11.8 Å². The summed E-state index contributed by atoms with van der Waals surface area (Å²) >= 11 is 1.86. The Balaban J connectivity index is 2.11. The zero-order chi connectivity index (χ0) is 11.7. The van der Waals surface area contributed by atoms with E-state index in [0.717, 1.165) is 17.9 Å². The van der Waals surface area contributed by atoms with Crippen LogP contribution in [0, 0.1) is 5.92 Å². The number of amides is 2.